The highest BCUT2D eigenvalue weighted by atomic mass is 32.2. The van der Waals surface area contributed by atoms with E-state index in [4.69, 9.17) is 24.4 Å². The van der Waals surface area contributed by atoms with Crippen LogP contribution >= 0.6 is 70.6 Å². The third-order valence-corrected chi connectivity index (χ3v) is 15.7. The molecule has 4 aliphatic carbocycles. The van der Waals surface area contributed by atoms with E-state index in [1.807, 2.05) is 36.5 Å². The Balaban J connectivity index is 1.26. The molecule has 0 radical (unpaired) electrons. The molecule has 4 nitrogen and oxygen atoms in total. The normalized spacial score (nSPS) is 26.1. The molecule has 0 unspecified atom stereocenters. The van der Waals surface area contributed by atoms with Crippen LogP contribution in [0.15, 0.2) is 39.2 Å². The first kappa shape index (κ1) is 29.8. The predicted octanol–water partition coefficient (Wildman–Crippen LogP) is 9.81. The first-order valence-corrected chi connectivity index (χ1v) is 19.9. The fourth-order valence-electron chi connectivity index (χ4n) is 8.57. The number of likely N-dealkylation sites (N-methyl/N-ethyl adjacent to an activating group) is 2. The first-order valence-electron chi connectivity index (χ1n) is 15.9. The quantitative estimate of drug-likeness (QED) is 0.235. The number of amides is 2. The van der Waals surface area contributed by atoms with Crippen molar-refractivity contribution in [2.75, 3.05) is 13.1 Å². The molecule has 2 aromatic heterocycles. The zero-order valence-electron chi connectivity index (χ0n) is 25.0. The first-order chi connectivity index (χ1) is 21.3. The Kier molecular flexibility index (Phi) is 7.46. The van der Waals surface area contributed by atoms with Crippen LogP contribution in [-0.4, -0.2) is 43.3 Å². The van der Waals surface area contributed by atoms with Gasteiger partial charge in [-0.25, -0.2) is 0 Å². The predicted molar refractivity (Wildman–Crippen MR) is 196 cm³/mol. The molecule has 6 aliphatic rings. The van der Waals surface area contributed by atoms with Gasteiger partial charge in [0.1, 0.15) is 8.64 Å². The van der Waals surface area contributed by atoms with E-state index in [0.717, 1.165) is 27.5 Å². The maximum Gasteiger partial charge on any atom is 0.266 e. The Morgan fingerprint density at radius 1 is 0.795 bits per heavy atom. The van der Waals surface area contributed by atoms with E-state index in [0.29, 0.717) is 21.7 Å². The number of rotatable bonds is 4. The van der Waals surface area contributed by atoms with Crippen LogP contribution in [0.1, 0.15) is 93.4 Å². The molecule has 0 aromatic carbocycles. The number of hydrogen-bond donors (Lipinski definition) is 0. The van der Waals surface area contributed by atoms with Crippen molar-refractivity contribution in [3.8, 4) is 0 Å². The Hall–Kier alpha value is -1.56. The standard InChI is InChI=1S/C34H34N2O2S6/c1-3-35-29(37)23(43-31(35)39)16-19-15-21-25(33(19)11-7-5-8-12-33)28-26(34(21)13-9-6-10-14-34)27-22(42-28)17-20(41-27)18-24-30(38)36(4-2)32(40)44-24/h15-18H,3-14H2,1-2H3/b23-16-,24-18-. The van der Waals surface area contributed by atoms with Gasteiger partial charge in [-0.2, -0.15) is 0 Å². The second-order valence-corrected chi connectivity index (χ2v) is 18.2. The van der Waals surface area contributed by atoms with Crippen LogP contribution in [0, 0.1) is 5.41 Å². The van der Waals surface area contributed by atoms with Crippen molar-refractivity contribution in [3.63, 3.8) is 0 Å². The third kappa shape index (κ3) is 4.20. The van der Waals surface area contributed by atoms with Crippen LogP contribution in [0.3, 0.4) is 0 Å². The molecule has 4 heterocycles. The van der Waals surface area contributed by atoms with E-state index in [1.54, 1.807) is 26.5 Å². The van der Waals surface area contributed by atoms with E-state index in [1.165, 1.54) is 94.7 Å². The van der Waals surface area contributed by atoms with Gasteiger partial charge in [0.05, 0.1) is 14.5 Å². The minimum absolute atomic E-state index is 0.0254. The maximum absolute atomic E-state index is 13.3. The summed E-state index contributed by atoms with van der Waals surface area (Å²) < 4.78 is 4.10. The van der Waals surface area contributed by atoms with Crippen molar-refractivity contribution in [2.24, 2.45) is 5.41 Å². The summed E-state index contributed by atoms with van der Waals surface area (Å²) in [7, 11) is 0. The fourth-order valence-corrected chi connectivity index (χ4v) is 14.3. The summed E-state index contributed by atoms with van der Waals surface area (Å²) in [5, 5.41) is 0. The van der Waals surface area contributed by atoms with Crippen molar-refractivity contribution in [2.45, 2.75) is 83.5 Å². The number of fused-ring (bicyclic) bond motifs is 7. The Labute approximate surface area is 286 Å². The molecule has 10 heteroatoms. The summed E-state index contributed by atoms with van der Waals surface area (Å²) >= 11 is 17.8. The second kappa shape index (κ2) is 11.0. The molecular weight excluding hydrogens is 661 g/mol. The Bertz CT molecular complexity index is 1790. The van der Waals surface area contributed by atoms with Gasteiger partial charge in [0.25, 0.3) is 11.8 Å². The van der Waals surface area contributed by atoms with Gasteiger partial charge in [0.2, 0.25) is 0 Å². The van der Waals surface area contributed by atoms with Crippen LogP contribution in [0.4, 0.5) is 0 Å². The minimum atomic E-state index is -0.0254. The van der Waals surface area contributed by atoms with Gasteiger partial charge in [0, 0.05) is 38.4 Å². The van der Waals surface area contributed by atoms with Gasteiger partial charge >= 0.3 is 0 Å². The van der Waals surface area contributed by atoms with Crippen LogP contribution in [0.25, 0.3) is 21.0 Å². The van der Waals surface area contributed by atoms with Crippen molar-refractivity contribution in [3.05, 3.63) is 54.5 Å². The Morgan fingerprint density at radius 2 is 1.36 bits per heavy atom. The minimum Gasteiger partial charge on any atom is -0.293 e. The summed E-state index contributed by atoms with van der Waals surface area (Å²) in [5.74, 6) is 0.0936. The molecule has 2 aliphatic heterocycles. The van der Waals surface area contributed by atoms with Gasteiger partial charge in [-0.05, 0) is 80.0 Å². The second-order valence-electron chi connectivity index (χ2n) is 12.7. The third-order valence-electron chi connectivity index (χ3n) is 10.6. The van der Waals surface area contributed by atoms with Crippen molar-refractivity contribution in [1.82, 2.24) is 9.80 Å². The molecule has 0 bridgehead atoms. The summed E-state index contributed by atoms with van der Waals surface area (Å²) in [6, 6.07) is 2.31. The number of thioether (sulfide) groups is 2. The fraction of sp³-hybridized carbons (Fsp3) is 0.471. The van der Waals surface area contributed by atoms with Gasteiger partial charge in [-0.1, -0.05) is 92.6 Å². The van der Waals surface area contributed by atoms with Crippen LogP contribution < -0.4 is 0 Å². The molecule has 2 saturated heterocycles. The highest BCUT2D eigenvalue weighted by molar-refractivity contribution is 8.27. The van der Waals surface area contributed by atoms with E-state index in [2.05, 4.69) is 24.3 Å². The van der Waals surface area contributed by atoms with E-state index in [-0.39, 0.29) is 22.6 Å². The number of nitrogens with zero attached hydrogens (tertiary/aromatic N) is 2. The molecule has 44 heavy (non-hydrogen) atoms. The molecule has 2 saturated carbocycles. The monoisotopic (exact) mass is 694 g/mol. The summed E-state index contributed by atoms with van der Waals surface area (Å²) in [6.07, 6.45) is 19.0. The lowest BCUT2D eigenvalue weighted by Gasteiger charge is -2.38. The molecule has 2 spiro atoms. The number of thiophene rings is 2. The highest BCUT2D eigenvalue weighted by Crippen LogP contribution is 2.70. The number of hydrogen-bond acceptors (Lipinski definition) is 8. The highest BCUT2D eigenvalue weighted by Gasteiger charge is 2.56. The molecule has 2 aromatic rings. The van der Waals surface area contributed by atoms with Crippen LogP contribution in [0.2, 0.25) is 0 Å². The van der Waals surface area contributed by atoms with Crippen LogP contribution in [0.5, 0.6) is 0 Å². The Morgan fingerprint density at radius 3 is 1.93 bits per heavy atom. The number of allylic oxidation sites excluding steroid dienone is 5. The van der Waals surface area contributed by atoms with Crippen molar-refractivity contribution >= 4 is 112 Å². The number of carbonyl (C=O) groups is 2. The maximum atomic E-state index is 13.3. The topological polar surface area (TPSA) is 40.6 Å². The molecule has 4 fully saturated rings. The molecule has 2 amide bonds. The van der Waals surface area contributed by atoms with Crippen molar-refractivity contribution in [1.29, 1.82) is 0 Å². The average molecular weight is 695 g/mol. The molecule has 228 valence electrons. The summed E-state index contributed by atoms with van der Waals surface area (Å²) in [6.45, 7) is 5.20. The van der Waals surface area contributed by atoms with Gasteiger partial charge in [-0.3, -0.25) is 19.4 Å². The van der Waals surface area contributed by atoms with E-state index in [9.17, 15) is 9.59 Å². The average Bonchev–Trinajstić information content (AvgIpc) is 3.81. The van der Waals surface area contributed by atoms with Gasteiger partial charge in [-0.15, -0.1) is 22.7 Å². The number of thiocarbonyl (C=S) groups is 2. The van der Waals surface area contributed by atoms with Crippen molar-refractivity contribution < 1.29 is 9.59 Å². The van der Waals surface area contributed by atoms with Gasteiger partial charge in [0.15, 0.2) is 0 Å². The van der Waals surface area contributed by atoms with E-state index < -0.39 is 0 Å². The zero-order valence-corrected chi connectivity index (χ0v) is 29.9. The lowest BCUT2D eigenvalue weighted by Crippen LogP contribution is -2.28. The lowest BCUT2D eigenvalue weighted by molar-refractivity contribution is -0.122. The molecule has 8 rings (SSSR count). The molecule has 0 N–H and O–H groups in total. The zero-order chi connectivity index (χ0) is 30.4. The van der Waals surface area contributed by atoms with Gasteiger partial charge < -0.3 is 0 Å². The summed E-state index contributed by atoms with van der Waals surface area (Å²) in [5.41, 5.74) is 6.08. The largest absolute Gasteiger partial charge is 0.293 e. The smallest absolute Gasteiger partial charge is 0.266 e. The number of carbonyl (C=O) groups excluding carboxylic acids is 2. The van der Waals surface area contributed by atoms with E-state index >= 15 is 0 Å². The SMILES string of the molecule is CCN1C(=O)/C(=C/C2=CC3=C(c4sc5cc(/C=C6\SC(=S)N(CC)C6=O)sc5c4C34CCCCC4)C23CCCCC3)SC1=S. The summed E-state index contributed by atoms with van der Waals surface area (Å²) in [4.78, 5) is 33.9. The molecular formula is C34H34N2O2S6. The lowest BCUT2D eigenvalue weighted by atomic mass is 9.66. The molecule has 0 atom stereocenters. The van der Waals surface area contributed by atoms with Crippen LogP contribution in [-0.2, 0) is 15.0 Å².